The van der Waals surface area contributed by atoms with Crippen LogP contribution in [0.5, 0.6) is 0 Å². The summed E-state index contributed by atoms with van der Waals surface area (Å²) in [6, 6.07) is 10.9. The summed E-state index contributed by atoms with van der Waals surface area (Å²) in [7, 11) is 0. The Hall–Kier alpha value is -2.64. The molecule has 25 heavy (non-hydrogen) atoms. The monoisotopic (exact) mass is 329 g/mol. The third kappa shape index (κ3) is 2.06. The van der Waals surface area contributed by atoms with Gasteiger partial charge >= 0.3 is 0 Å². The average Bonchev–Trinajstić information content (AvgIpc) is 3.23. The molecule has 1 aromatic heterocycles. The summed E-state index contributed by atoms with van der Waals surface area (Å²) in [6.45, 7) is 0. The van der Waals surface area contributed by atoms with Crippen LogP contribution in [-0.4, -0.2) is 20.8 Å². The number of aromatic nitrogens is 2. The number of hydrogen-bond acceptors (Lipinski definition) is 3. The van der Waals surface area contributed by atoms with Crippen molar-refractivity contribution in [3.05, 3.63) is 65.7 Å². The van der Waals surface area contributed by atoms with Crippen LogP contribution < -0.4 is 0 Å². The van der Waals surface area contributed by atoms with Gasteiger partial charge in [-0.2, -0.15) is 5.26 Å². The molecule has 0 saturated heterocycles. The van der Waals surface area contributed by atoms with Crippen molar-refractivity contribution in [3.63, 3.8) is 0 Å². The molecule has 0 spiro atoms. The molecule has 124 valence electrons. The van der Waals surface area contributed by atoms with E-state index in [4.69, 9.17) is 0 Å². The van der Waals surface area contributed by atoms with Gasteiger partial charge in [-0.25, -0.2) is 4.98 Å². The summed E-state index contributed by atoms with van der Waals surface area (Å²) in [6.07, 6.45) is 9.89. The molecule has 0 amide bonds. The number of hydrogen-bond donors (Lipinski definition) is 1. The molecule has 1 aliphatic heterocycles. The van der Waals surface area contributed by atoms with Crippen LogP contribution in [0.2, 0.25) is 0 Å². The normalized spacial score (nSPS) is 29.8. The number of aliphatic hydroxyl groups is 1. The first-order chi connectivity index (χ1) is 12.3. The van der Waals surface area contributed by atoms with E-state index in [2.05, 4.69) is 46.0 Å². The van der Waals surface area contributed by atoms with Crippen LogP contribution in [0.3, 0.4) is 0 Å². The second kappa shape index (κ2) is 5.44. The summed E-state index contributed by atoms with van der Waals surface area (Å²) in [5.41, 5.74) is 5.92. The van der Waals surface area contributed by atoms with E-state index in [1.807, 2.05) is 18.6 Å². The fourth-order valence-corrected chi connectivity index (χ4v) is 4.80. The predicted molar refractivity (Wildman–Crippen MR) is 94.4 cm³/mol. The van der Waals surface area contributed by atoms with E-state index in [-0.39, 0.29) is 17.9 Å². The fourth-order valence-electron chi connectivity index (χ4n) is 4.80. The molecule has 2 aromatic rings. The molecule has 5 rings (SSSR count). The Morgan fingerprint density at radius 1 is 1.28 bits per heavy atom. The first-order valence-corrected chi connectivity index (χ1v) is 8.87. The van der Waals surface area contributed by atoms with Crippen LogP contribution in [0, 0.1) is 23.2 Å². The van der Waals surface area contributed by atoms with Crippen LogP contribution in [0.25, 0.3) is 11.3 Å². The Bertz CT molecular complexity index is 946. The maximum absolute atomic E-state index is 11.2. The lowest BCUT2D eigenvalue weighted by Gasteiger charge is -2.38. The largest absolute Gasteiger partial charge is 0.388 e. The van der Waals surface area contributed by atoms with E-state index in [1.54, 1.807) is 0 Å². The van der Waals surface area contributed by atoms with Crippen molar-refractivity contribution in [1.82, 2.24) is 9.55 Å². The number of nitriles is 1. The molecule has 4 nitrogen and oxygen atoms in total. The maximum Gasteiger partial charge on any atom is 0.0956 e. The molecule has 1 unspecified atom stereocenters. The maximum atomic E-state index is 11.2. The van der Waals surface area contributed by atoms with Gasteiger partial charge in [0.05, 0.1) is 42.4 Å². The van der Waals surface area contributed by atoms with E-state index in [0.717, 1.165) is 24.1 Å². The molecular formula is C21H19N3O. The van der Waals surface area contributed by atoms with Gasteiger partial charge < -0.3 is 9.67 Å². The highest BCUT2D eigenvalue weighted by atomic mass is 16.3. The molecule has 3 aliphatic rings. The smallest absolute Gasteiger partial charge is 0.0956 e. The van der Waals surface area contributed by atoms with Gasteiger partial charge in [-0.3, -0.25) is 0 Å². The minimum Gasteiger partial charge on any atom is -0.388 e. The summed E-state index contributed by atoms with van der Waals surface area (Å²) in [5, 5.41) is 20.5. The Balaban J connectivity index is 1.56. The lowest BCUT2D eigenvalue weighted by Crippen LogP contribution is -2.35. The highest BCUT2D eigenvalue weighted by Gasteiger charge is 2.41. The Kier molecular flexibility index (Phi) is 3.19. The number of imidazole rings is 1. The molecular weight excluding hydrogens is 310 g/mol. The number of allylic oxidation sites excluding steroid dienone is 3. The van der Waals surface area contributed by atoms with E-state index >= 15 is 0 Å². The Morgan fingerprint density at radius 3 is 3.04 bits per heavy atom. The van der Waals surface area contributed by atoms with Gasteiger partial charge in [0.2, 0.25) is 0 Å². The van der Waals surface area contributed by atoms with Gasteiger partial charge in [-0.1, -0.05) is 36.4 Å². The number of fused-ring (bicyclic) bond motifs is 3. The Labute approximate surface area is 146 Å². The van der Waals surface area contributed by atoms with Crippen LogP contribution in [-0.2, 0) is 0 Å². The molecule has 4 atom stereocenters. The number of benzene rings is 1. The molecule has 2 heterocycles. The first kappa shape index (κ1) is 14.7. The minimum absolute atomic E-state index is 0.112. The highest BCUT2D eigenvalue weighted by Crippen LogP contribution is 2.49. The fraction of sp³-hybridized carbons (Fsp3) is 0.333. The second-order valence-corrected chi connectivity index (χ2v) is 7.21. The van der Waals surface area contributed by atoms with E-state index in [0.29, 0.717) is 6.42 Å². The van der Waals surface area contributed by atoms with Crippen molar-refractivity contribution in [1.29, 1.82) is 5.26 Å². The van der Waals surface area contributed by atoms with Crippen LogP contribution in [0.4, 0.5) is 0 Å². The van der Waals surface area contributed by atoms with Crippen molar-refractivity contribution < 1.29 is 5.11 Å². The molecule has 0 radical (unpaired) electrons. The van der Waals surface area contributed by atoms with Crippen molar-refractivity contribution in [2.45, 2.75) is 31.4 Å². The predicted octanol–water partition coefficient (Wildman–Crippen LogP) is 3.62. The highest BCUT2D eigenvalue weighted by molar-refractivity contribution is 5.69. The Morgan fingerprint density at radius 2 is 2.16 bits per heavy atom. The number of rotatable bonds is 1. The quantitative estimate of drug-likeness (QED) is 0.869. The van der Waals surface area contributed by atoms with E-state index < -0.39 is 6.10 Å². The van der Waals surface area contributed by atoms with Gasteiger partial charge in [0.15, 0.2) is 0 Å². The van der Waals surface area contributed by atoms with Gasteiger partial charge in [0.25, 0.3) is 0 Å². The standard InChI is InChI=1S/C21H19N3O/c22-10-13-5-6-14-7-8-17(21(25)18(14)9-13)20-16-4-2-1-3-15(16)19-11-23-12-24(19)20/h1-6,11-13,17,20-21,25H,7-9H2/t13?,17-,20-,21+/m0/s1. The lowest BCUT2D eigenvalue weighted by atomic mass is 9.72. The third-order valence-electron chi connectivity index (χ3n) is 5.98. The molecule has 1 N–H and O–H groups in total. The average molecular weight is 329 g/mol. The second-order valence-electron chi connectivity index (χ2n) is 7.21. The zero-order valence-corrected chi connectivity index (χ0v) is 13.8. The summed E-state index contributed by atoms with van der Waals surface area (Å²) in [5.74, 6) is -0.00647. The summed E-state index contributed by atoms with van der Waals surface area (Å²) >= 11 is 0. The number of nitrogens with zero attached hydrogens (tertiary/aromatic N) is 3. The van der Waals surface area contributed by atoms with E-state index in [9.17, 15) is 10.4 Å². The van der Waals surface area contributed by atoms with Crippen molar-refractivity contribution in [2.24, 2.45) is 11.8 Å². The van der Waals surface area contributed by atoms with Crippen molar-refractivity contribution >= 4 is 0 Å². The van der Waals surface area contributed by atoms with Crippen LogP contribution in [0.15, 0.2) is 60.1 Å². The summed E-state index contributed by atoms with van der Waals surface area (Å²) < 4.78 is 2.21. The van der Waals surface area contributed by atoms with Gasteiger partial charge in [0.1, 0.15) is 0 Å². The molecule has 0 fully saturated rings. The molecule has 2 aliphatic carbocycles. The lowest BCUT2D eigenvalue weighted by molar-refractivity contribution is 0.0980. The molecule has 1 aromatic carbocycles. The zero-order valence-electron chi connectivity index (χ0n) is 13.8. The minimum atomic E-state index is -0.504. The van der Waals surface area contributed by atoms with Crippen molar-refractivity contribution in [3.8, 4) is 17.3 Å². The van der Waals surface area contributed by atoms with Gasteiger partial charge in [0, 0.05) is 11.5 Å². The third-order valence-corrected chi connectivity index (χ3v) is 5.98. The van der Waals surface area contributed by atoms with Crippen LogP contribution >= 0.6 is 0 Å². The first-order valence-electron chi connectivity index (χ1n) is 8.87. The topological polar surface area (TPSA) is 61.8 Å². The number of aliphatic hydroxyl groups excluding tert-OH is 1. The SMILES string of the molecule is N#CC1C=CC2=C(C1)[C@H](O)[C@H]([C@@H]1c3ccccc3-c3cncn31)CC2. The van der Waals surface area contributed by atoms with Gasteiger partial charge in [-0.05, 0) is 36.0 Å². The van der Waals surface area contributed by atoms with Gasteiger partial charge in [-0.15, -0.1) is 0 Å². The van der Waals surface area contributed by atoms with E-state index in [1.165, 1.54) is 16.7 Å². The molecule has 0 saturated carbocycles. The summed E-state index contributed by atoms with van der Waals surface area (Å²) in [4.78, 5) is 4.33. The molecule has 4 heteroatoms. The molecule has 0 bridgehead atoms. The van der Waals surface area contributed by atoms with Crippen LogP contribution in [0.1, 0.15) is 30.9 Å². The zero-order chi connectivity index (χ0) is 17.0. The van der Waals surface area contributed by atoms with Crippen molar-refractivity contribution in [2.75, 3.05) is 0 Å².